The predicted molar refractivity (Wildman–Crippen MR) is 148 cm³/mol. The number of carbonyl (C=O) groups is 3. The number of amides is 4. The molecular formula is C28H28N10O3. The zero-order valence-corrected chi connectivity index (χ0v) is 22.6. The van der Waals surface area contributed by atoms with E-state index < -0.39 is 0 Å². The average molecular weight is 553 g/mol. The van der Waals surface area contributed by atoms with Crippen molar-refractivity contribution in [3.63, 3.8) is 0 Å². The summed E-state index contributed by atoms with van der Waals surface area (Å²) in [4.78, 5) is 57.6. The molecule has 208 valence electrons. The highest BCUT2D eigenvalue weighted by Gasteiger charge is 2.46. The molecule has 7 rings (SSSR count). The number of nitrogens with one attached hydrogen (secondary N) is 2. The molecule has 3 fully saturated rings. The van der Waals surface area contributed by atoms with Gasteiger partial charge in [0.2, 0.25) is 5.91 Å². The van der Waals surface area contributed by atoms with E-state index in [-0.39, 0.29) is 36.2 Å². The lowest BCUT2D eigenvalue weighted by Crippen LogP contribution is -2.31. The van der Waals surface area contributed by atoms with E-state index in [0.29, 0.717) is 42.2 Å². The topological polar surface area (TPSA) is 151 Å². The van der Waals surface area contributed by atoms with Gasteiger partial charge in [0.1, 0.15) is 36.2 Å². The van der Waals surface area contributed by atoms with Crippen LogP contribution in [0.4, 0.5) is 22.2 Å². The lowest BCUT2D eigenvalue weighted by Gasteiger charge is -2.17. The van der Waals surface area contributed by atoms with Crippen LogP contribution in [-0.2, 0) is 16.1 Å². The summed E-state index contributed by atoms with van der Waals surface area (Å²) in [5, 5.41) is 10.8. The molecule has 2 atom stereocenters. The number of pyridine rings is 1. The summed E-state index contributed by atoms with van der Waals surface area (Å²) < 4.78 is 1.71. The van der Waals surface area contributed by atoms with Crippen molar-refractivity contribution >= 4 is 40.8 Å². The number of aromatic nitrogens is 6. The van der Waals surface area contributed by atoms with Gasteiger partial charge >= 0.3 is 6.03 Å². The molecule has 1 aliphatic heterocycles. The predicted octanol–water partition coefficient (Wildman–Crippen LogP) is 2.85. The van der Waals surface area contributed by atoms with Gasteiger partial charge in [-0.1, -0.05) is 0 Å². The molecule has 2 saturated carbocycles. The largest absolute Gasteiger partial charge is 0.364 e. The zero-order valence-electron chi connectivity index (χ0n) is 22.6. The summed E-state index contributed by atoms with van der Waals surface area (Å²) in [6.45, 7) is 2.25. The van der Waals surface area contributed by atoms with Crippen molar-refractivity contribution in [3.05, 3.63) is 65.6 Å². The summed E-state index contributed by atoms with van der Waals surface area (Å²) in [5.41, 5.74) is 3.60. The van der Waals surface area contributed by atoms with Gasteiger partial charge in [-0.3, -0.25) is 19.4 Å². The number of hydrogen-bond acceptors (Lipinski definition) is 9. The van der Waals surface area contributed by atoms with Crippen LogP contribution in [-0.4, -0.2) is 65.9 Å². The standard InChI is InChI=1S/C28H28N10O3/c1-15-5-6-29-26(33-15)20-10-21(20)27(40)34-23-11-22(31-14-32-23)30-12-18-9-19-7-17(16-3-4-16)8-24(38(19)35-18)37-13-25(39)36(2)28(37)41/h5-9,11,14,16,20-21H,3-4,10,12-13H2,1-2H3,(H2,30,31,32,34,40)/t20-,21-/m0/s1. The molecular weight excluding hydrogens is 524 g/mol. The molecule has 0 radical (unpaired) electrons. The lowest BCUT2D eigenvalue weighted by atomic mass is 10.1. The van der Waals surface area contributed by atoms with Crippen molar-refractivity contribution in [2.45, 2.75) is 44.6 Å². The van der Waals surface area contributed by atoms with Crippen molar-refractivity contribution in [1.29, 1.82) is 0 Å². The number of anilines is 3. The third-order valence-electron chi connectivity index (χ3n) is 7.77. The molecule has 4 aromatic heterocycles. The minimum absolute atomic E-state index is 0.0129. The summed E-state index contributed by atoms with van der Waals surface area (Å²) in [7, 11) is 1.49. The Labute approximate surface area is 235 Å². The third kappa shape index (κ3) is 4.83. The van der Waals surface area contributed by atoms with Crippen molar-refractivity contribution in [2.75, 3.05) is 29.1 Å². The summed E-state index contributed by atoms with van der Waals surface area (Å²) in [6, 6.07) is 9.17. The van der Waals surface area contributed by atoms with Crippen LogP contribution in [0.1, 0.15) is 53.9 Å². The third-order valence-corrected chi connectivity index (χ3v) is 7.77. The normalized spacial score (nSPS) is 20.1. The van der Waals surface area contributed by atoms with E-state index in [0.717, 1.165) is 40.2 Å². The first-order valence-corrected chi connectivity index (χ1v) is 13.6. The van der Waals surface area contributed by atoms with E-state index in [4.69, 9.17) is 5.10 Å². The average Bonchev–Trinajstić information content (AvgIpc) is 3.89. The van der Waals surface area contributed by atoms with Crippen LogP contribution in [0, 0.1) is 12.8 Å². The molecule has 13 heteroatoms. The number of urea groups is 1. The molecule has 2 N–H and O–H groups in total. The van der Waals surface area contributed by atoms with E-state index in [1.165, 1.54) is 18.3 Å². The number of fused-ring (bicyclic) bond motifs is 1. The molecule has 1 saturated heterocycles. The van der Waals surface area contributed by atoms with Crippen LogP contribution in [0.25, 0.3) is 5.52 Å². The van der Waals surface area contributed by atoms with Crippen molar-refractivity contribution in [3.8, 4) is 0 Å². The molecule has 4 amide bonds. The lowest BCUT2D eigenvalue weighted by molar-refractivity contribution is -0.124. The molecule has 0 spiro atoms. The van der Waals surface area contributed by atoms with Crippen LogP contribution in [0.2, 0.25) is 0 Å². The fourth-order valence-electron chi connectivity index (χ4n) is 5.20. The van der Waals surface area contributed by atoms with Gasteiger partial charge in [0.05, 0.1) is 17.8 Å². The number of likely N-dealkylation sites (N-methyl/N-ethyl adjacent to an activating group) is 1. The number of nitrogens with zero attached hydrogens (tertiary/aromatic N) is 8. The fourth-order valence-corrected chi connectivity index (χ4v) is 5.20. The van der Waals surface area contributed by atoms with Gasteiger partial charge in [0.15, 0.2) is 0 Å². The molecule has 2 aliphatic carbocycles. The number of aryl methyl sites for hydroxylation is 1. The number of rotatable bonds is 8. The fraction of sp³-hybridized carbons (Fsp3) is 0.357. The number of imide groups is 1. The van der Waals surface area contributed by atoms with E-state index in [1.54, 1.807) is 16.8 Å². The molecule has 13 nitrogen and oxygen atoms in total. The highest BCUT2D eigenvalue weighted by Crippen LogP contribution is 2.46. The Morgan fingerprint density at radius 3 is 2.66 bits per heavy atom. The van der Waals surface area contributed by atoms with Gasteiger partial charge in [0, 0.05) is 36.8 Å². The first-order valence-electron chi connectivity index (χ1n) is 13.6. The minimum Gasteiger partial charge on any atom is -0.364 e. The quantitative estimate of drug-likeness (QED) is 0.315. The van der Waals surface area contributed by atoms with E-state index in [1.807, 2.05) is 25.1 Å². The number of carbonyl (C=O) groups excluding carboxylic acids is 3. The van der Waals surface area contributed by atoms with Gasteiger partial charge in [-0.05, 0) is 61.9 Å². The Balaban J connectivity index is 1.05. The molecule has 0 aromatic carbocycles. The Morgan fingerprint density at radius 1 is 1.07 bits per heavy atom. The van der Waals surface area contributed by atoms with E-state index >= 15 is 0 Å². The molecule has 3 aliphatic rings. The Hall–Kier alpha value is -4.94. The van der Waals surface area contributed by atoms with E-state index in [9.17, 15) is 14.4 Å². The second-order valence-corrected chi connectivity index (χ2v) is 10.9. The van der Waals surface area contributed by atoms with Gasteiger partial charge in [-0.2, -0.15) is 5.10 Å². The Morgan fingerprint density at radius 2 is 1.90 bits per heavy atom. The van der Waals surface area contributed by atoms with Gasteiger partial charge in [-0.15, -0.1) is 0 Å². The smallest absolute Gasteiger partial charge is 0.332 e. The van der Waals surface area contributed by atoms with Crippen LogP contribution in [0.15, 0.2) is 42.9 Å². The molecule has 5 heterocycles. The monoisotopic (exact) mass is 552 g/mol. The Kier molecular flexibility index (Phi) is 5.87. The van der Waals surface area contributed by atoms with Gasteiger partial charge in [0.25, 0.3) is 5.91 Å². The molecule has 0 unspecified atom stereocenters. The maximum Gasteiger partial charge on any atom is 0.332 e. The highest BCUT2D eigenvalue weighted by molar-refractivity contribution is 6.11. The number of hydrogen-bond donors (Lipinski definition) is 2. The van der Waals surface area contributed by atoms with Crippen molar-refractivity contribution < 1.29 is 14.4 Å². The van der Waals surface area contributed by atoms with Crippen LogP contribution in [0.3, 0.4) is 0 Å². The van der Waals surface area contributed by atoms with Crippen molar-refractivity contribution in [1.82, 2.24) is 34.4 Å². The van der Waals surface area contributed by atoms with Gasteiger partial charge in [-0.25, -0.2) is 29.2 Å². The van der Waals surface area contributed by atoms with E-state index in [2.05, 4.69) is 36.6 Å². The SMILES string of the molecule is Cc1ccnc([C@H]2C[C@@H]2C(=O)Nc2cc(NCc3cc4cc(C5CC5)cc(N5CC(=O)N(C)C5=O)n4n3)ncn2)n1. The van der Waals surface area contributed by atoms with Crippen LogP contribution < -0.4 is 15.5 Å². The van der Waals surface area contributed by atoms with Gasteiger partial charge < -0.3 is 10.6 Å². The highest BCUT2D eigenvalue weighted by atomic mass is 16.2. The second kappa shape index (κ2) is 9.61. The first-order chi connectivity index (χ1) is 19.8. The summed E-state index contributed by atoms with van der Waals surface area (Å²) in [5.74, 6) is 2.14. The maximum absolute atomic E-state index is 12.8. The summed E-state index contributed by atoms with van der Waals surface area (Å²) >= 11 is 0. The molecule has 41 heavy (non-hydrogen) atoms. The first kappa shape index (κ1) is 25.1. The Bertz CT molecular complexity index is 1710. The maximum atomic E-state index is 12.8. The molecule has 4 aromatic rings. The van der Waals surface area contributed by atoms with Crippen LogP contribution >= 0.6 is 0 Å². The summed E-state index contributed by atoms with van der Waals surface area (Å²) in [6.07, 6.45) is 6.03. The molecule has 0 bridgehead atoms. The minimum atomic E-state index is -0.362. The second-order valence-electron chi connectivity index (χ2n) is 10.9. The van der Waals surface area contributed by atoms with Crippen LogP contribution in [0.5, 0.6) is 0 Å². The zero-order chi connectivity index (χ0) is 28.2. The van der Waals surface area contributed by atoms with Crippen molar-refractivity contribution in [2.24, 2.45) is 5.92 Å².